The molecule has 0 fully saturated rings. The molecule has 0 saturated heterocycles. The summed E-state index contributed by atoms with van der Waals surface area (Å²) in [4.78, 5) is 17.2. The van der Waals surface area contributed by atoms with Crippen LogP contribution in [0, 0.1) is 13.8 Å². The fourth-order valence-electron chi connectivity index (χ4n) is 1.53. The summed E-state index contributed by atoms with van der Waals surface area (Å²) < 4.78 is 4.95. The van der Waals surface area contributed by atoms with Gasteiger partial charge in [0.05, 0.1) is 17.1 Å². The van der Waals surface area contributed by atoms with Crippen molar-refractivity contribution in [3.8, 4) is 0 Å². The second-order valence-corrected chi connectivity index (χ2v) is 6.25. The predicted molar refractivity (Wildman–Crippen MR) is 74.5 cm³/mol. The Hall–Kier alpha value is -1.38. The zero-order valence-electron chi connectivity index (χ0n) is 10.9. The number of hydrogen-bond acceptors (Lipinski definition) is 7. The molecule has 0 unspecified atom stereocenters. The number of carbonyl (C=O) groups is 1. The molecule has 0 aliphatic rings. The Morgan fingerprint density at radius 1 is 1.32 bits per heavy atom. The molecule has 0 saturated carbocycles. The first-order chi connectivity index (χ1) is 9.08. The minimum Gasteiger partial charge on any atom is -0.377 e. The van der Waals surface area contributed by atoms with Crippen molar-refractivity contribution in [1.82, 2.24) is 15.2 Å². The number of amides is 1. The third kappa shape index (κ3) is 3.79. The first-order valence-corrected chi connectivity index (χ1v) is 7.26. The van der Waals surface area contributed by atoms with Gasteiger partial charge in [0.25, 0.3) is 0 Å². The van der Waals surface area contributed by atoms with Crippen molar-refractivity contribution in [2.75, 3.05) is 12.4 Å². The van der Waals surface area contributed by atoms with E-state index < -0.39 is 0 Å². The van der Waals surface area contributed by atoms with Crippen molar-refractivity contribution < 1.29 is 9.53 Å². The van der Waals surface area contributed by atoms with Crippen LogP contribution in [-0.4, -0.2) is 28.2 Å². The second-order valence-electron chi connectivity index (χ2n) is 3.90. The van der Waals surface area contributed by atoms with Gasteiger partial charge in [0.15, 0.2) is 0 Å². The Morgan fingerprint density at radius 2 is 2.11 bits per heavy atom. The summed E-state index contributed by atoms with van der Waals surface area (Å²) in [7, 11) is 1.59. The molecule has 0 aromatic carbocycles. The maximum atomic E-state index is 11.9. The number of nitrogens with zero attached hydrogens (tertiary/aromatic N) is 3. The molecule has 0 bridgehead atoms. The van der Waals surface area contributed by atoms with E-state index in [1.165, 1.54) is 11.3 Å². The quantitative estimate of drug-likeness (QED) is 0.912. The molecule has 2 aromatic heterocycles. The van der Waals surface area contributed by atoms with E-state index in [-0.39, 0.29) is 5.91 Å². The monoisotopic (exact) mass is 298 g/mol. The van der Waals surface area contributed by atoms with E-state index in [0.29, 0.717) is 18.2 Å². The van der Waals surface area contributed by atoms with Crippen molar-refractivity contribution in [3.63, 3.8) is 0 Å². The van der Waals surface area contributed by atoms with E-state index in [2.05, 4.69) is 20.5 Å². The summed E-state index contributed by atoms with van der Waals surface area (Å²) in [6.07, 6.45) is 0.316. The number of nitrogens with one attached hydrogen (secondary N) is 1. The fraction of sp³-hybridized carbons (Fsp3) is 0.455. The van der Waals surface area contributed by atoms with E-state index in [9.17, 15) is 4.79 Å². The average Bonchev–Trinajstić information content (AvgIpc) is 2.87. The van der Waals surface area contributed by atoms with Crippen molar-refractivity contribution in [1.29, 1.82) is 0 Å². The second kappa shape index (κ2) is 6.18. The number of ether oxygens (including phenoxy) is 1. The maximum absolute atomic E-state index is 11.9. The molecule has 102 valence electrons. The normalized spacial score (nSPS) is 10.7. The molecular weight excluding hydrogens is 284 g/mol. The third-order valence-corrected chi connectivity index (χ3v) is 4.19. The molecule has 2 heterocycles. The smallest absolute Gasteiger partial charge is 0.231 e. The van der Waals surface area contributed by atoms with Gasteiger partial charge >= 0.3 is 0 Å². The summed E-state index contributed by atoms with van der Waals surface area (Å²) in [6, 6.07) is 0. The minimum absolute atomic E-state index is 0.105. The zero-order valence-corrected chi connectivity index (χ0v) is 12.5. The van der Waals surface area contributed by atoms with Crippen LogP contribution >= 0.6 is 22.7 Å². The molecule has 6 nitrogen and oxygen atoms in total. The lowest BCUT2D eigenvalue weighted by Gasteiger charge is -1.99. The highest BCUT2D eigenvalue weighted by Crippen LogP contribution is 2.19. The number of rotatable bonds is 5. The van der Waals surface area contributed by atoms with Crippen LogP contribution in [0.5, 0.6) is 0 Å². The van der Waals surface area contributed by atoms with Gasteiger partial charge in [0.1, 0.15) is 11.6 Å². The number of hydrogen-bond donors (Lipinski definition) is 1. The first-order valence-electron chi connectivity index (χ1n) is 5.62. The molecule has 0 aliphatic carbocycles. The molecule has 0 radical (unpaired) electrons. The van der Waals surface area contributed by atoms with Gasteiger partial charge in [-0.05, 0) is 13.8 Å². The Labute approximate surface area is 118 Å². The summed E-state index contributed by atoms with van der Waals surface area (Å²) in [5.41, 5.74) is 0.912. The van der Waals surface area contributed by atoms with Crippen LogP contribution in [0.2, 0.25) is 0 Å². The Balaban J connectivity index is 1.95. The number of thiazole rings is 1. The summed E-state index contributed by atoms with van der Waals surface area (Å²) >= 11 is 2.86. The molecule has 19 heavy (non-hydrogen) atoms. The highest BCUT2D eigenvalue weighted by Gasteiger charge is 2.12. The molecule has 8 heteroatoms. The highest BCUT2D eigenvalue weighted by molar-refractivity contribution is 7.15. The Kier molecular flexibility index (Phi) is 4.56. The van der Waals surface area contributed by atoms with Crippen LogP contribution in [0.4, 0.5) is 5.13 Å². The molecular formula is C11H14N4O2S2. The number of methoxy groups -OCH3 is 1. The average molecular weight is 298 g/mol. The number of anilines is 1. The Morgan fingerprint density at radius 3 is 2.74 bits per heavy atom. The minimum atomic E-state index is -0.105. The molecule has 1 N–H and O–H groups in total. The third-order valence-electron chi connectivity index (χ3n) is 2.30. The van der Waals surface area contributed by atoms with E-state index >= 15 is 0 Å². The van der Waals surface area contributed by atoms with Gasteiger partial charge in [0, 0.05) is 12.0 Å². The van der Waals surface area contributed by atoms with Crippen LogP contribution in [0.1, 0.15) is 20.6 Å². The van der Waals surface area contributed by atoms with E-state index in [1.807, 2.05) is 13.8 Å². The summed E-state index contributed by atoms with van der Waals surface area (Å²) in [5.74, 6) is -0.105. The molecule has 0 atom stereocenters. The molecule has 0 spiro atoms. The molecule has 2 aromatic rings. The van der Waals surface area contributed by atoms with Gasteiger partial charge in [0.2, 0.25) is 11.0 Å². The van der Waals surface area contributed by atoms with Crippen LogP contribution in [0.3, 0.4) is 0 Å². The van der Waals surface area contributed by atoms with Crippen LogP contribution in [0.15, 0.2) is 0 Å². The van der Waals surface area contributed by atoms with Gasteiger partial charge in [-0.25, -0.2) is 4.98 Å². The van der Waals surface area contributed by atoms with Gasteiger partial charge in [-0.2, -0.15) is 0 Å². The lowest BCUT2D eigenvalue weighted by atomic mass is 10.3. The first kappa shape index (κ1) is 14.0. The van der Waals surface area contributed by atoms with Gasteiger partial charge in [-0.1, -0.05) is 11.3 Å². The SMILES string of the molecule is COCc1nnc(NC(=O)Cc2sc(C)nc2C)s1. The van der Waals surface area contributed by atoms with Crippen LogP contribution in [-0.2, 0) is 22.6 Å². The van der Waals surface area contributed by atoms with Gasteiger partial charge in [-0.15, -0.1) is 21.5 Å². The van der Waals surface area contributed by atoms with Crippen LogP contribution in [0.25, 0.3) is 0 Å². The number of carbonyl (C=O) groups excluding carboxylic acids is 1. The maximum Gasteiger partial charge on any atom is 0.231 e. The van der Waals surface area contributed by atoms with Gasteiger partial charge in [-0.3, -0.25) is 4.79 Å². The van der Waals surface area contributed by atoms with Gasteiger partial charge < -0.3 is 10.1 Å². The molecule has 0 aliphatic heterocycles. The van der Waals surface area contributed by atoms with E-state index in [1.54, 1.807) is 18.4 Å². The molecule has 2 rings (SSSR count). The largest absolute Gasteiger partial charge is 0.377 e. The lowest BCUT2D eigenvalue weighted by molar-refractivity contribution is -0.115. The summed E-state index contributed by atoms with van der Waals surface area (Å²) in [5, 5.41) is 12.7. The molecule has 1 amide bonds. The van der Waals surface area contributed by atoms with Crippen molar-refractivity contribution in [2.24, 2.45) is 0 Å². The van der Waals surface area contributed by atoms with E-state index in [0.717, 1.165) is 20.6 Å². The topological polar surface area (TPSA) is 77.0 Å². The van der Waals surface area contributed by atoms with Crippen molar-refractivity contribution >= 4 is 33.7 Å². The Bertz CT molecular complexity index is 579. The summed E-state index contributed by atoms with van der Waals surface area (Å²) in [6.45, 7) is 4.25. The predicted octanol–water partition coefficient (Wildman–Crippen LogP) is 1.94. The van der Waals surface area contributed by atoms with Crippen molar-refractivity contribution in [3.05, 3.63) is 20.6 Å². The van der Waals surface area contributed by atoms with Crippen molar-refractivity contribution in [2.45, 2.75) is 26.9 Å². The fourth-order valence-corrected chi connectivity index (χ4v) is 3.20. The number of aromatic nitrogens is 3. The highest BCUT2D eigenvalue weighted by atomic mass is 32.1. The lowest BCUT2D eigenvalue weighted by Crippen LogP contribution is -2.14. The number of aryl methyl sites for hydroxylation is 2. The standard InChI is InChI=1S/C11H14N4O2S2/c1-6-8(18-7(2)12-6)4-9(16)13-11-15-14-10(19-11)5-17-3/h4-5H2,1-3H3,(H,13,15,16). The van der Waals surface area contributed by atoms with Crippen LogP contribution < -0.4 is 5.32 Å². The van der Waals surface area contributed by atoms with E-state index in [4.69, 9.17) is 4.74 Å². The zero-order chi connectivity index (χ0) is 13.8.